The van der Waals surface area contributed by atoms with Gasteiger partial charge in [-0.2, -0.15) is 0 Å². The zero-order chi connectivity index (χ0) is 18.0. The molecule has 26 heavy (non-hydrogen) atoms. The number of para-hydroxylation sites is 1. The molecule has 2 N–H and O–H groups in total. The van der Waals surface area contributed by atoms with Gasteiger partial charge in [-0.15, -0.1) is 0 Å². The maximum atomic E-state index is 12.4. The van der Waals surface area contributed by atoms with E-state index >= 15 is 0 Å². The topological polar surface area (TPSA) is 63.5 Å². The second-order valence-electron chi connectivity index (χ2n) is 6.78. The molecule has 1 amide bonds. The predicted molar refractivity (Wildman–Crippen MR) is 101 cm³/mol. The lowest BCUT2D eigenvalue weighted by Crippen LogP contribution is -2.37. The number of furan rings is 1. The molecule has 1 heterocycles. The van der Waals surface area contributed by atoms with E-state index in [1.54, 1.807) is 6.07 Å². The van der Waals surface area contributed by atoms with E-state index in [1.807, 2.05) is 30.3 Å². The second-order valence-corrected chi connectivity index (χ2v) is 6.78. The summed E-state index contributed by atoms with van der Waals surface area (Å²) in [5, 5.41) is 6.48. The van der Waals surface area contributed by atoms with Crippen molar-refractivity contribution in [2.45, 2.75) is 51.2 Å². The van der Waals surface area contributed by atoms with Gasteiger partial charge in [0.15, 0.2) is 5.76 Å². The van der Waals surface area contributed by atoms with Crippen molar-refractivity contribution >= 4 is 5.91 Å². The average Bonchev–Trinajstić information content (AvgIpc) is 2.99. The first-order valence-corrected chi connectivity index (χ1v) is 9.59. The number of nitrogens with one attached hydrogen (secondary N) is 2. The fourth-order valence-corrected chi connectivity index (χ4v) is 3.34. The molecule has 1 aliphatic rings. The maximum absolute atomic E-state index is 12.4. The Hall–Kier alpha value is -2.27. The Balaban J connectivity index is 1.41. The van der Waals surface area contributed by atoms with Crippen LogP contribution in [0.4, 0.5) is 0 Å². The van der Waals surface area contributed by atoms with Gasteiger partial charge in [0.25, 0.3) is 5.91 Å². The van der Waals surface area contributed by atoms with Crippen LogP contribution in [0.1, 0.15) is 54.6 Å². The first kappa shape index (κ1) is 18.5. The summed E-state index contributed by atoms with van der Waals surface area (Å²) < 4.78 is 11.1. The fourth-order valence-electron chi connectivity index (χ4n) is 3.34. The van der Waals surface area contributed by atoms with Crippen LogP contribution in [-0.2, 0) is 6.61 Å². The molecule has 1 saturated carbocycles. The van der Waals surface area contributed by atoms with Gasteiger partial charge in [0, 0.05) is 24.7 Å². The van der Waals surface area contributed by atoms with Gasteiger partial charge in [-0.05, 0) is 31.0 Å². The van der Waals surface area contributed by atoms with Gasteiger partial charge in [0.05, 0.1) is 6.26 Å². The number of amides is 1. The van der Waals surface area contributed by atoms with E-state index < -0.39 is 0 Å². The molecule has 1 aromatic carbocycles. The van der Waals surface area contributed by atoms with E-state index in [2.05, 4.69) is 10.6 Å². The minimum Gasteiger partial charge on any atom is -0.489 e. The molecule has 1 fully saturated rings. The molecule has 0 bridgehead atoms. The molecule has 0 atom stereocenters. The molecule has 0 radical (unpaired) electrons. The maximum Gasteiger partial charge on any atom is 0.287 e. The Morgan fingerprint density at radius 2 is 1.81 bits per heavy atom. The highest BCUT2D eigenvalue weighted by Gasteiger charge is 2.16. The Labute approximate surface area is 155 Å². The lowest BCUT2D eigenvalue weighted by Gasteiger charge is -2.16. The normalized spacial score (nSPS) is 15.4. The second kappa shape index (κ2) is 10.0. The molecule has 1 aliphatic carbocycles. The Kier molecular flexibility index (Phi) is 7.14. The van der Waals surface area contributed by atoms with Crippen molar-refractivity contribution in [1.82, 2.24) is 10.6 Å². The first-order chi connectivity index (χ1) is 12.8. The number of carbonyl (C=O) groups is 1. The van der Waals surface area contributed by atoms with E-state index in [0.29, 0.717) is 25.0 Å². The monoisotopic (exact) mass is 356 g/mol. The number of hydrogen-bond donors (Lipinski definition) is 2. The third kappa shape index (κ3) is 5.63. The Bertz CT molecular complexity index is 661. The van der Waals surface area contributed by atoms with Crippen LogP contribution in [-0.4, -0.2) is 25.0 Å². The molecule has 140 valence electrons. The lowest BCUT2D eigenvalue weighted by atomic mass is 10.1. The van der Waals surface area contributed by atoms with Crippen molar-refractivity contribution in [2.24, 2.45) is 0 Å². The first-order valence-electron chi connectivity index (χ1n) is 9.59. The van der Waals surface area contributed by atoms with Crippen molar-refractivity contribution in [1.29, 1.82) is 0 Å². The third-order valence-electron chi connectivity index (χ3n) is 4.79. The Morgan fingerprint density at radius 1 is 1.04 bits per heavy atom. The standard InChI is InChI=1S/C21H28N2O3/c24-21(23-14-13-22-18-8-4-1-2-5-9-18)20-17(12-15-25-20)16-26-19-10-6-3-7-11-19/h3,6-7,10-12,15,18,22H,1-2,4-5,8-9,13-14,16H2,(H,23,24). The summed E-state index contributed by atoms with van der Waals surface area (Å²) in [4.78, 5) is 12.4. The van der Waals surface area contributed by atoms with Crippen molar-refractivity contribution in [3.63, 3.8) is 0 Å². The van der Waals surface area contributed by atoms with Crippen molar-refractivity contribution in [3.05, 3.63) is 54.0 Å². The summed E-state index contributed by atoms with van der Waals surface area (Å²) >= 11 is 0. The highest BCUT2D eigenvalue weighted by Crippen LogP contribution is 2.17. The molecule has 0 spiro atoms. The summed E-state index contributed by atoms with van der Waals surface area (Å²) in [6, 6.07) is 11.9. The van der Waals surface area contributed by atoms with Crippen LogP contribution >= 0.6 is 0 Å². The van der Waals surface area contributed by atoms with Gasteiger partial charge in [-0.25, -0.2) is 0 Å². The molecule has 3 rings (SSSR count). The third-order valence-corrected chi connectivity index (χ3v) is 4.79. The number of benzene rings is 1. The zero-order valence-corrected chi connectivity index (χ0v) is 15.2. The highest BCUT2D eigenvalue weighted by atomic mass is 16.5. The molecule has 0 unspecified atom stereocenters. The van der Waals surface area contributed by atoms with Crippen molar-refractivity contribution in [3.8, 4) is 5.75 Å². The molecule has 1 aromatic heterocycles. The highest BCUT2D eigenvalue weighted by molar-refractivity contribution is 5.92. The summed E-state index contributed by atoms with van der Waals surface area (Å²) in [7, 11) is 0. The van der Waals surface area contributed by atoms with Gasteiger partial charge in [-0.3, -0.25) is 4.79 Å². The van der Waals surface area contributed by atoms with E-state index in [-0.39, 0.29) is 5.91 Å². The molecule has 0 saturated heterocycles. The lowest BCUT2D eigenvalue weighted by molar-refractivity contribution is 0.0922. The van der Waals surface area contributed by atoms with Gasteiger partial charge >= 0.3 is 0 Å². The molecule has 5 nitrogen and oxygen atoms in total. The smallest absolute Gasteiger partial charge is 0.287 e. The van der Waals surface area contributed by atoms with Crippen LogP contribution in [0.25, 0.3) is 0 Å². The van der Waals surface area contributed by atoms with Gasteiger partial charge < -0.3 is 19.8 Å². The minimum absolute atomic E-state index is 0.190. The van der Waals surface area contributed by atoms with Crippen LogP contribution in [0.15, 0.2) is 47.1 Å². The largest absolute Gasteiger partial charge is 0.489 e. The molecular weight excluding hydrogens is 328 g/mol. The minimum atomic E-state index is -0.190. The average molecular weight is 356 g/mol. The van der Waals surface area contributed by atoms with E-state index in [4.69, 9.17) is 9.15 Å². The number of hydrogen-bond acceptors (Lipinski definition) is 4. The van der Waals surface area contributed by atoms with E-state index in [1.165, 1.54) is 44.8 Å². The van der Waals surface area contributed by atoms with Crippen LogP contribution in [0.5, 0.6) is 5.75 Å². The van der Waals surface area contributed by atoms with Gasteiger partial charge in [-0.1, -0.05) is 43.9 Å². The zero-order valence-electron chi connectivity index (χ0n) is 15.2. The quantitative estimate of drug-likeness (QED) is 0.556. The van der Waals surface area contributed by atoms with Crippen molar-refractivity contribution < 1.29 is 13.9 Å². The fraction of sp³-hybridized carbons (Fsp3) is 0.476. The van der Waals surface area contributed by atoms with Gasteiger partial charge in [0.1, 0.15) is 12.4 Å². The number of carbonyl (C=O) groups excluding carboxylic acids is 1. The predicted octanol–water partition coefficient (Wildman–Crippen LogP) is 3.90. The summed E-state index contributed by atoms with van der Waals surface area (Å²) in [5.74, 6) is 0.910. The summed E-state index contributed by atoms with van der Waals surface area (Å²) in [6.07, 6.45) is 9.33. The van der Waals surface area contributed by atoms with E-state index in [0.717, 1.165) is 17.9 Å². The van der Waals surface area contributed by atoms with Crippen LogP contribution in [0.3, 0.4) is 0 Å². The molecule has 0 aliphatic heterocycles. The van der Waals surface area contributed by atoms with E-state index in [9.17, 15) is 4.79 Å². The van der Waals surface area contributed by atoms with Crippen molar-refractivity contribution in [2.75, 3.05) is 13.1 Å². The SMILES string of the molecule is O=C(NCCNC1CCCCCC1)c1occc1COc1ccccc1. The van der Waals surface area contributed by atoms with Crippen LogP contribution in [0, 0.1) is 0 Å². The molecule has 2 aromatic rings. The summed E-state index contributed by atoms with van der Waals surface area (Å²) in [6.45, 7) is 1.69. The summed E-state index contributed by atoms with van der Waals surface area (Å²) in [5.41, 5.74) is 0.753. The Morgan fingerprint density at radius 3 is 2.58 bits per heavy atom. The van der Waals surface area contributed by atoms with Crippen LogP contribution < -0.4 is 15.4 Å². The number of ether oxygens (including phenoxy) is 1. The van der Waals surface area contributed by atoms with Gasteiger partial charge in [0.2, 0.25) is 0 Å². The number of rotatable bonds is 8. The molecular formula is C21H28N2O3. The van der Waals surface area contributed by atoms with Crippen LogP contribution in [0.2, 0.25) is 0 Å². The molecule has 5 heteroatoms.